The van der Waals surface area contributed by atoms with Gasteiger partial charge in [0, 0.05) is 11.5 Å². The van der Waals surface area contributed by atoms with E-state index in [2.05, 4.69) is 80.2 Å². The molecule has 0 bridgehead atoms. The third-order valence-corrected chi connectivity index (χ3v) is 5.77. The van der Waals surface area contributed by atoms with Crippen LogP contribution in [0, 0.1) is 0 Å². The lowest BCUT2D eigenvalue weighted by molar-refractivity contribution is 0.514. The van der Waals surface area contributed by atoms with Crippen molar-refractivity contribution in [2.24, 2.45) is 0 Å². The molecule has 0 amide bonds. The minimum absolute atomic E-state index is 0.121. The van der Waals surface area contributed by atoms with Gasteiger partial charge in [0.15, 0.2) is 0 Å². The molecule has 0 aliphatic heterocycles. The van der Waals surface area contributed by atoms with E-state index in [9.17, 15) is 0 Å². The largest absolute Gasteiger partial charge is 0.508 e. The molecule has 2 unspecified atom stereocenters. The van der Waals surface area contributed by atoms with E-state index in [1.165, 1.54) is 33.9 Å². The molecule has 1 heteroatoms. The second kappa shape index (κ2) is 10.6. The second-order valence-electron chi connectivity index (χ2n) is 7.74. The van der Waals surface area contributed by atoms with Crippen molar-refractivity contribution in [3.63, 3.8) is 0 Å². The van der Waals surface area contributed by atoms with Crippen molar-refractivity contribution in [1.29, 1.82) is 0 Å². The highest BCUT2D eigenvalue weighted by atomic mass is 16.3. The molecule has 0 fully saturated rings. The van der Waals surface area contributed by atoms with E-state index in [1.54, 1.807) is 0 Å². The number of hydrogen-bond acceptors (Lipinski definition) is 1. The summed E-state index contributed by atoms with van der Waals surface area (Å²) in [6.07, 6.45) is 1.23. The molecule has 31 heavy (non-hydrogen) atoms. The number of rotatable bonds is 2. The molecule has 0 spiro atoms. The normalized spacial score (nSPS) is 16.4. The maximum absolute atomic E-state index is 8.83. The van der Waals surface area contributed by atoms with Crippen molar-refractivity contribution < 1.29 is 5.11 Å². The molecule has 4 aromatic carbocycles. The van der Waals surface area contributed by atoms with Gasteiger partial charge >= 0.3 is 0 Å². The van der Waals surface area contributed by atoms with Gasteiger partial charge in [-0.05, 0) is 39.8 Å². The van der Waals surface area contributed by atoms with Crippen LogP contribution in [0.5, 0.6) is 0 Å². The SMILES string of the molecule is C=C(O)c1ccccc1.CC.CC1CC(c2ccc3ccccc3c2)c2ccccc21. The third-order valence-electron chi connectivity index (χ3n) is 5.77. The molecule has 1 aliphatic rings. The quantitative estimate of drug-likeness (QED) is 0.329. The standard InChI is InChI=1S/C20H18.C8H8O.C2H6/c1-14-12-20(19-9-5-4-8-18(14)19)17-11-10-15-6-2-3-7-16(15)13-17;1-7(9)8-5-3-2-4-6-8;1-2/h2-11,13-14,20H,12H2,1H3;2-6,9H,1H2;1-2H3. The van der Waals surface area contributed by atoms with Crippen LogP contribution in [0.4, 0.5) is 0 Å². The van der Waals surface area contributed by atoms with Crippen molar-refractivity contribution in [2.75, 3.05) is 0 Å². The predicted molar refractivity (Wildman–Crippen MR) is 135 cm³/mol. The molecule has 158 valence electrons. The Balaban J connectivity index is 0.000000209. The number of aliphatic hydroxyl groups excluding tert-OH is 1. The van der Waals surface area contributed by atoms with Gasteiger partial charge in [-0.3, -0.25) is 0 Å². The number of fused-ring (bicyclic) bond motifs is 2. The summed E-state index contributed by atoms with van der Waals surface area (Å²) in [5.74, 6) is 1.35. The van der Waals surface area contributed by atoms with Crippen LogP contribution in [0.25, 0.3) is 16.5 Å². The van der Waals surface area contributed by atoms with Crippen LogP contribution in [-0.4, -0.2) is 5.11 Å². The smallest absolute Gasteiger partial charge is 0.115 e. The molecule has 1 nitrogen and oxygen atoms in total. The fraction of sp³-hybridized carbons (Fsp3) is 0.200. The van der Waals surface area contributed by atoms with Crippen molar-refractivity contribution in [1.82, 2.24) is 0 Å². The average Bonchev–Trinajstić information content (AvgIpc) is 3.18. The summed E-state index contributed by atoms with van der Waals surface area (Å²) in [5, 5.41) is 11.5. The molecular weight excluding hydrogens is 376 g/mol. The van der Waals surface area contributed by atoms with E-state index in [0.717, 1.165) is 5.56 Å². The summed E-state index contributed by atoms with van der Waals surface area (Å²) in [5.41, 5.74) is 5.29. The summed E-state index contributed by atoms with van der Waals surface area (Å²) in [7, 11) is 0. The molecule has 0 saturated heterocycles. The van der Waals surface area contributed by atoms with Crippen LogP contribution >= 0.6 is 0 Å². The zero-order chi connectivity index (χ0) is 22.2. The van der Waals surface area contributed by atoms with E-state index in [0.29, 0.717) is 11.8 Å². The van der Waals surface area contributed by atoms with Gasteiger partial charge in [0.25, 0.3) is 0 Å². The molecule has 0 heterocycles. The van der Waals surface area contributed by atoms with Gasteiger partial charge in [0.2, 0.25) is 0 Å². The zero-order valence-corrected chi connectivity index (χ0v) is 18.8. The second-order valence-corrected chi connectivity index (χ2v) is 7.74. The summed E-state index contributed by atoms with van der Waals surface area (Å²) in [6, 6.07) is 33.7. The van der Waals surface area contributed by atoms with Gasteiger partial charge in [0.05, 0.1) is 0 Å². The lowest BCUT2D eigenvalue weighted by Gasteiger charge is -2.13. The molecule has 0 radical (unpaired) electrons. The maximum Gasteiger partial charge on any atom is 0.115 e. The fourth-order valence-electron chi connectivity index (χ4n) is 4.26. The highest BCUT2D eigenvalue weighted by Gasteiger charge is 2.28. The van der Waals surface area contributed by atoms with Gasteiger partial charge in [-0.2, -0.15) is 0 Å². The molecule has 0 aromatic heterocycles. The average molecular weight is 409 g/mol. The van der Waals surface area contributed by atoms with Gasteiger partial charge in [-0.15, -0.1) is 0 Å². The van der Waals surface area contributed by atoms with Crippen molar-refractivity contribution in [3.05, 3.63) is 126 Å². The van der Waals surface area contributed by atoms with Crippen molar-refractivity contribution in [3.8, 4) is 0 Å². The number of benzene rings is 4. The summed E-state index contributed by atoms with van der Waals surface area (Å²) in [4.78, 5) is 0. The summed E-state index contributed by atoms with van der Waals surface area (Å²) < 4.78 is 0. The predicted octanol–water partition coefficient (Wildman–Crippen LogP) is 8.72. The summed E-state index contributed by atoms with van der Waals surface area (Å²) in [6.45, 7) is 9.73. The first-order chi connectivity index (χ1) is 15.1. The monoisotopic (exact) mass is 408 g/mol. The van der Waals surface area contributed by atoms with Crippen LogP contribution in [0.15, 0.2) is 104 Å². The minimum Gasteiger partial charge on any atom is -0.508 e. The number of aliphatic hydroxyl groups is 1. The van der Waals surface area contributed by atoms with E-state index < -0.39 is 0 Å². The minimum atomic E-state index is 0.121. The highest BCUT2D eigenvalue weighted by Crippen LogP contribution is 2.45. The zero-order valence-electron chi connectivity index (χ0n) is 18.8. The Kier molecular flexibility index (Phi) is 7.67. The van der Waals surface area contributed by atoms with Crippen molar-refractivity contribution >= 4 is 16.5 Å². The first-order valence-corrected chi connectivity index (χ1v) is 11.1. The van der Waals surface area contributed by atoms with E-state index in [1.807, 2.05) is 44.2 Å². The molecule has 1 N–H and O–H groups in total. The fourth-order valence-corrected chi connectivity index (χ4v) is 4.26. The summed E-state index contributed by atoms with van der Waals surface area (Å²) >= 11 is 0. The Morgan fingerprint density at radius 2 is 1.32 bits per heavy atom. The lowest BCUT2D eigenvalue weighted by atomic mass is 9.91. The Hall–Kier alpha value is -3.32. The first kappa shape index (κ1) is 22.4. The van der Waals surface area contributed by atoms with Crippen molar-refractivity contribution in [2.45, 2.75) is 39.0 Å². The van der Waals surface area contributed by atoms with Gasteiger partial charge in [-0.25, -0.2) is 0 Å². The third kappa shape index (κ3) is 5.24. The van der Waals surface area contributed by atoms with Gasteiger partial charge in [0.1, 0.15) is 5.76 Å². The molecule has 0 saturated carbocycles. The van der Waals surface area contributed by atoms with Gasteiger partial charge < -0.3 is 5.11 Å². The Morgan fingerprint density at radius 3 is 1.97 bits per heavy atom. The Labute approximate surface area is 186 Å². The van der Waals surface area contributed by atoms with Crippen LogP contribution in [0.3, 0.4) is 0 Å². The molecule has 1 aliphatic carbocycles. The first-order valence-electron chi connectivity index (χ1n) is 11.1. The van der Waals surface area contributed by atoms with E-state index >= 15 is 0 Å². The van der Waals surface area contributed by atoms with E-state index in [4.69, 9.17) is 5.11 Å². The topological polar surface area (TPSA) is 20.2 Å². The van der Waals surface area contributed by atoms with Crippen LogP contribution < -0.4 is 0 Å². The molecular formula is C30H32O. The van der Waals surface area contributed by atoms with E-state index in [-0.39, 0.29) is 5.76 Å². The van der Waals surface area contributed by atoms with Crippen LogP contribution in [-0.2, 0) is 0 Å². The maximum atomic E-state index is 8.83. The molecule has 2 atom stereocenters. The molecule has 4 aromatic rings. The number of hydrogen-bond donors (Lipinski definition) is 1. The van der Waals surface area contributed by atoms with Gasteiger partial charge in [-0.1, -0.05) is 124 Å². The molecule has 5 rings (SSSR count). The Bertz CT molecular complexity index is 1130. The highest BCUT2D eigenvalue weighted by molar-refractivity contribution is 5.83. The Morgan fingerprint density at radius 1 is 0.742 bits per heavy atom. The van der Waals surface area contributed by atoms with Crippen LogP contribution in [0.1, 0.15) is 61.3 Å². The van der Waals surface area contributed by atoms with Crippen LogP contribution in [0.2, 0.25) is 0 Å². The lowest BCUT2D eigenvalue weighted by Crippen LogP contribution is -1.96.